The fourth-order valence-electron chi connectivity index (χ4n) is 1.35. The Morgan fingerprint density at radius 1 is 1.22 bits per heavy atom. The monoisotopic (exact) mass is 249 g/mol. The van der Waals surface area contributed by atoms with Gasteiger partial charge in [-0.15, -0.1) is 0 Å². The molecule has 2 amide bonds. The van der Waals surface area contributed by atoms with E-state index >= 15 is 0 Å². The molecule has 18 heavy (non-hydrogen) atoms. The fourth-order valence-corrected chi connectivity index (χ4v) is 1.35. The van der Waals surface area contributed by atoms with Gasteiger partial charge >= 0.3 is 0 Å². The van der Waals surface area contributed by atoms with Gasteiger partial charge in [-0.2, -0.15) is 0 Å². The molecule has 0 radical (unpaired) electrons. The largest absolute Gasteiger partial charge is 0.354 e. The van der Waals surface area contributed by atoms with Crippen molar-refractivity contribution in [2.24, 2.45) is 5.92 Å². The Morgan fingerprint density at radius 2 is 1.89 bits per heavy atom. The molecule has 0 aromatic carbocycles. The number of hydrogen-bond acceptors (Lipinski definition) is 3. The third-order valence-electron chi connectivity index (χ3n) is 2.37. The average molecular weight is 249 g/mol. The molecule has 0 aliphatic carbocycles. The summed E-state index contributed by atoms with van der Waals surface area (Å²) in [7, 11) is 0. The predicted octanol–water partition coefficient (Wildman–Crippen LogP) is 0.892. The summed E-state index contributed by atoms with van der Waals surface area (Å²) < 4.78 is 0. The topological polar surface area (TPSA) is 71.1 Å². The highest BCUT2D eigenvalue weighted by molar-refractivity contribution is 5.94. The van der Waals surface area contributed by atoms with Crippen LogP contribution >= 0.6 is 0 Å². The lowest BCUT2D eigenvalue weighted by Gasteiger charge is -2.08. The Bertz CT molecular complexity index is 430. The molecule has 1 aromatic rings. The number of rotatable bonds is 5. The Kier molecular flexibility index (Phi) is 5.30. The number of hydrogen-bond donors (Lipinski definition) is 2. The fraction of sp³-hybridized carbons (Fsp3) is 0.462. The van der Waals surface area contributed by atoms with E-state index in [-0.39, 0.29) is 17.7 Å². The van der Waals surface area contributed by atoms with Gasteiger partial charge in [0.25, 0.3) is 5.91 Å². The zero-order valence-electron chi connectivity index (χ0n) is 11.0. The van der Waals surface area contributed by atoms with Crippen LogP contribution in [0.5, 0.6) is 0 Å². The molecule has 0 saturated carbocycles. The van der Waals surface area contributed by atoms with E-state index in [9.17, 15) is 9.59 Å². The first-order valence-corrected chi connectivity index (χ1v) is 5.98. The second kappa shape index (κ2) is 6.74. The van der Waals surface area contributed by atoms with Crippen LogP contribution in [0.15, 0.2) is 18.5 Å². The molecule has 1 rings (SSSR count). The summed E-state index contributed by atoms with van der Waals surface area (Å²) in [6, 6.07) is 1.77. The summed E-state index contributed by atoms with van der Waals surface area (Å²) >= 11 is 0. The van der Waals surface area contributed by atoms with Crippen LogP contribution in [0, 0.1) is 12.8 Å². The lowest BCUT2D eigenvalue weighted by Crippen LogP contribution is -2.36. The van der Waals surface area contributed by atoms with Crippen molar-refractivity contribution in [1.82, 2.24) is 15.6 Å². The molecule has 5 heteroatoms. The van der Waals surface area contributed by atoms with E-state index < -0.39 is 0 Å². The van der Waals surface area contributed by atoms with Crippen molar-refractivity contribution in [3.8, 4) is 0 Å². The van der Waals surface area contributed by atoms with Gasteiger partial charge in [-0.1, -0.05) is 13.8 Å². The molecular weight excluding hydrogens is 230 g/mol. The summed E-state index contributed by atoms with van der Waals surface area (Å²) in [6.07, 6.45) is 3.22. The van der Waals surface area contributed by atoms with Crippen LogP contribution < -0.4 is 10.6 Å². The highest BCUT2D eigenvalue weighted by Gasteiger charge is 2.07. The lowest BCUT2D eigenvalue weighted by atomic mass is 10.2. The van der Waals surface area contributed by atoms with Gasteiger partial charge in [0.2, 0.25) is 5.91 Å². The van der Waals surface area contributed by atoms with E-state index in [4.69, 9.17) is 0 Å². The van der Waals surface area contributed by atoms with E-state index in [1.807, 2.05) is 20.8 Å². The quantitative estimate of drug-likeness (QED) is 0.761. The molecule has 0 atom stereocenters. The molecule has 5 nitrogen and oxygen atoms in total. The van der Waals surface area contributed by atoms with Crippen molar-refractivity contribution in [3.05, 3.63) is 29.6 Å². The number of aromatic nitrogens is 1. The number of amides is 2. The van der Waals surface area contributed by atoms with E-state index in [0.29, 0.717) is 18.7 Å². The van der Waals surface area contributed by atoms with Crippen LogP contribution in [-0.2, 0) is 4.79 Å². The molecule has 0 bridgehead atoms. The molecule has 0 spiro atoms. The molecule has 0 saturated heterocycles. The van der Waals surface area contributed by atoms with Crippen molar-refractivity contribution in [2.45, 2.75) is 20.8 Å². The van der Waals surface area contributed by atoms with Gasteiger partial charge in [-0.3, -0.25) is 14.6 Å². The number of carbonyl (C=O) groups is 2. The van der Waals surface area contributed by atoms with Crippen molar-refractivity contribution in [1.29, 1.82) is 0 Å². The first-order valence-electron chi connectivity index (χ1n) is 5.98. The first kappa shape index (κ1) is 14.2. The van der Waals surface area contributed by atoms with Gasteiger partial charge in [0.1, 0.15) is 0 Å². The van der Waals surface area contributed by atoms with Crippen LogP contribution in [0.1, 0.15) is 29.8 Å². The molecule has 0 fully saturated rings. The Balaban J connectivity index is 2.32. The van der Waals surface area contributed by atoms with Crippen molar-refractivity contribution < 1.29 is 9.59 Å². The van der Waals surface area contributed by atoms with Gasteiger partial charge in [0.05, 0.1) is 5.56 Å². The zero-order valence-corrected chi connectivity index (χ0v) is 11.0. The maximum Gasteiger partial charge on any atom is 0.252 e. The summed E-state index contributed by atoms with van der Waals surface area (Å²) in [6.45, 7) is 6.37. The number of carbonyl (C=O) groups excluding carboxylic acids is 2. The second-order valence-electron chi connectivity index (χ2n) is 4.45. The minimum absolute atomic E-state index is 0.0125. The van der Waals surface area contributed by atoms with E-state index in [1.165, 1.54) is 6.20 Å². The molecule has 2 N–H and O–H groups in total. The van der Waals surface area contributed by atoms with Crippen LogP contribution in [0.25, 0.3) is 0 Å². The summed E-state index contributed by atoms with van der Waals surface area (Å²) in [4.78, 5) is 26.9. The standard InChI is InChI=1S/C13H19N3O2/c1-9(2)12(17)15-4-5-16-13(18)11-6-10(3)7-14-8-11/h6-9H,4-5H2,1-3H3,(H,15,17)(H,16,18). The van der Waals surface area contributed by atoms with Crippen molar-refractivity contribution in [3.63, 3.8) is 0 Å². The van der Waals surface area contributed by atoms with Crippen LogP contribution in [0.3, 0.4) is 0 Å². The van der Waals surface area contributed by atoms with Gasteiger partial charge in [-0.05, 0) is 18.6 Å². The van der Waals surface area contributed by atoms with Gasteiger partial charge in [0.15, 0.2) is 0 Å². The number of pyridine rings is 1. The maximum atomic E-state index is 11.7. The Labute approximate surface area is 107 Å². The second-order valence-corrected chi connectivity index (χ2v) is 4.45. The summed E-state index contributed by atoms with van der Waals surface area (Å²) in [5.41, 5.74) is 1.47. The normalized spacial score (nSPS) is 10.2. The average Bonchev–Trinajstić information content (AvgIpc) is 2.33. The number of nitrogens with zero attached hydrogens (tertiary/aromatic N) is 1. The number of aryl methyl sites for hydroxylation is 1. The lowest BCUT2D eigenvalue weighted by molar-refractivity contribution is -0.123. The minimum Gasteiger partial charge on any atom is -0.354 e. The predicted molar refractivity (Wildman–Crippen MR) is 69.2 cm³/mol. The third kappa shape index (κ3) is 4.53. The molecule has 0 aliphatic heterocycles. The molecule has 0 unspecified atom stereocenters. The minimum atomic E-state index is -0.176. The van der Waals surface area contributed by atoms with Gasteiger partial charge in [-0.25, -0.2) is 0 Å². The third-order valence-corrected chi connectivity index (χ3v) is 2.37. The molecule has 0 aliphatic rings. The summed E-state index contributed by atoms with van der Waals surface area (Å²) in [5, 5.41) is 5.46. The SMILES string of the molecule is Cc1cncc(C(=O)NCCNC(=O)C(C)C)c1. The Hall–Kier alpha value is -1.91. The summed E-state index contributed by atoms with van der Waals surface area (Å²) in [5.74, 6) is -0.229. The maximum absolute atomic E-state index is 11.7. The highest BCUT2D eigenvalue weighted by atomic mass is 16.2. The van der Waals surface area contributed by atoms with Crippen LogP contribution in [0.2, 0.25) is 0 Å². The van der Waals surface area contributed by atoms with Gasteiger partial charge < -0.3 is 10.6 Å². The number of nitrogens with one attached hydrogen (secondary N) is 2. The molecule has 1 heterocycles. The van der Waals surface area contributed by atoms with E-state index in [0.717, 1.165) is 5.56 Å². The van der Waals surface area contributed by atoms with Crippen molar-refractivity contribution >= 4 is 11.8 Å². The first-order chi connectivity index (χ1) is 8.50. The molecular formula is C13H19N3O2. The smallest absolute Gasteiger partial charge is 0.252 e. The zero-order chi connectivity index (χ0) is 13.5. The van der Waals surface area contributed by atoms with Crippen LogP contribution in [-0.4, -0.2) is 29.9 Å². The molecule has 98 valence electrons. The van der Waals surface area contributed by atoms with Crippen molar-refractivity contribution in [2.75, 3.05) is 13.1 Å². The van der Waals surface area contributed by atoms with Crippen LogP contribution in [0.4, 0.5) is 0 Å². The molecule has 1 aromatic heterocycles. The van der Waals surface area contributed by atoms with Gasteiger partial charge in [0, 0.05) is 31.4 Å². The van der Waals surface area contributed by atoms with E-state index in [2.05, 4.69) is 15.6 Å². The Morgan fingerprint density at radius 3 is 2.50 bits per heavy atom. The van der Waals surface area contributed by atoms with E-state index in [1.54, 1.807) is 12.3 Å². The highest BCUT2D eigenvalue weighted by Crippen LogP contribution is 2.00.